The summed E-state index contributed by atoms with van der Waals surface area (Å²) in [5.74, 6) is -0.659. The molecule has 0 amide bonds. The van der Waals surface area contributed by atoms with E-state index in [9.17, 15) is 9.18 Å². The van der Waals surface area contributed by atoms with Crippen LogP contribution in [0.25, 0.3) is 0 Å². The van der Waals surface area contributed by atoms with Gasteiger partial charge in [-0.25, -0.2) is 4.39 Å². The van der Waals surface area contributed by atoms with Gasteiger partial charge in [-0.05, 0) is 24.3 Å². The third kappa shape index (κ3) is 4.09. The van der Waals surface area contributed by atoms with Crippen LogP contribution in [0.4, 0.5) is 10.1 Å². The number of hydrogen-bond acceptors (Lipinski definition) is 3. The maximum absolute atomic E-state index is 12.4. The molecule has 0 unspecified atom stereocenters. The number of carbonyl (C=O) groups excluding carboxylic acids is 1. The van der Waals surface area contributed by atoms with Crippen LogP contribution in [-0.2, 0) is 9.53 Å². The molecular formula is C9H11ClFNO2. The third-order valence-electron chi connectivity index (χ3n) is 1.51. The molecule has 0 bridgehead atoms. The summed E-state index contributed by atoms with van der Waals surface area (Å²) < 4.78 is 16.9. The van der Waals surface area contributed by atoms with Gasteiger partial charge in [-0.1, -0.05) is 0 Å². The number of rotatable bonds is 3. The van der Waals surface area contributed by atoms with Crippen molar-refractivity contribution in [2.45, 2.75) is 0 Å². The van der Waals surface area contributed by atoms with Gasteiger partial charge in [0.1, 0.15) is 12.4 Å². The molecule has 0 spiro atoms. The Bertz CT molecular complexity index is 289. The Morgan fingerprint density at radius 1 is 1.43 bits per heavy atom. The summed E-state index contributed by atoms with van der Waals surface area (Å²) in [7, 11) is 1.31. The largest absolute Gasteiger partial charge is 0.468 e. The van der Waals surface area contributed by atoms with E-state index in [2.05, 4.69) is 10.1 Å². The quantitative estimate of drug-likeness (QED) is 0.789. The molecule has 0 saturated heterocycles. The van der Waals surface area contributed by atoms with E-state index in [1.807, 2.05) is 0 Å². The monoisotopic (exact) mass is 219 g/mol. The zero-order chi connectivity index (χ0) is 9.68. The first-order valence-electron chi connectivity index (χ1n) is 3.78. The lowest BCUT2D eigenvalue weighted by Crippen LogP contribution is -2.14. The summed E-state index contributed by atoms with van der Waals surface area (Å²) in [5, 5.41) is 2.78. The number of ether oxygens (including phenoxy) is 1. The van der Waals surface area contributed by atoms with Crippen LogP contribution in [0.15, 0.2) is 24.3 Å². The third-order valence-corrected chi connectivity index (χ3v) is 1.51. The molecule has 1 aromatic rings. The normalized spacial score (nSPS) is 8.71. The van der Waals surface area contributed by atoms with Gasteiger partial charge in [0.05, 0.1) is 7.11 Å². The molecule has 5 heteroatoms. The van der Waals surface area contributed by atoms with Crippen LogP contribution >= 0.6 is 12.4 Å². The zero-order valence-corrected chi connectivity index (χ0v) is 8.44. The maximum atomic E-state index is 12.4. The molecule has 0 saturated carbocycles. The minimum atomic E-state index is -0.357. The second-order valence-corrected chi connectivity index (χ2v) is 2.44. The van der Waals surface area contributed by atoms with E-state index in [0.717, 1.165) is 0 Å². The summed E-state index contributed by atoms with van der Waals surface area (Å²) in [4.78, 5) is 10.7. The fourth-order valence-corrected chi connectivity index (χ4v) is 0.814. The fraction of sp³-hybridized carbons (Fsp3) is 0.222. The van der Waals surface area contributed by atoms with E-state index in [0.29, 0.717) is 5.69 Å². The van der Waals surface area contributed by atoms with Crippen molar-refractivity contribution >= 4 is 24.1 Å². The molecule has 14 heavy (non-hydrogen) atoms. The first-order chi connectivity index (χ1) is 6.22. The lowest BCUT2D eigenvalue weighted by atomic mass is 10.3. The number of nitrogens with one attached hydrogen (secondary N) is 1. The standard InChI is InChI=1S/C9H10FNO2.ClH/c1-13-9(12)6-11-8-4-2-7(10)3-5-8;/h2-5,11H,6H2,1H3;1H. The van der Waals surface area contributed by atoms with Crippen LogP contribution in [0.3, 0.4) is 0 Å². The van der Waals surface area contributed by atoms with Gasteiger partial charge in [-0.3, -0.25) is 4.79 Å². The summed E-state index contributed by atoms with van der Waals surface area (Å²) >= 11 is 0. The van der Waals surface area contributed by atoms with Crippen LogP contribution in [0.1, 0.15) is 0 Å². The molecule has 0 fully saturated rings. The van der Waals surface area contributed by atoms with Gasteiger partial charge in [0.2, 0.25) is 0 Å². The summed E-state index contributed by atoms with van der Waals surface area (Å²) in [6.07, 6.45) is 0. The molecule has 1 rings (SSSR count). The summed E-state index contributed by atoms with van der Waals surface area (Å²) in [5.41, 5.74) is 0.687. The molecule has 0 aliphatic rings. The average Bonchev–Trinajstić information content (AvgIpc) is 2.16. The Morgan fingerprint density at radius 3 is 2.50 bits per heavy atom. The molecular weight excluding hydrogens is 209 g/mol. The Hall–Kier alpha value is -1.29. The van der Waals surface area contributed by atoms with E-state index in [1.54, 1.807) is 12.1 Å². The van der Waals surface area contributed by atoms with E-state index in [1.165, 1.54) is 19.2 Å². The summed E-state index contributed by atoms with van der Waals surface area (Å²) in [6.45, 7) is 0.0854. The highest BCUT2D eigenvalue weighted by Crippen LogP contribution is 2.07. The Labute approximate surface area is 87.7 Å². The molecule has 1 N–H and O–H groups in total. The molecule has 3 nitrogen and oxygen atoms in total. The minimum absolute atomic E-state index is 0. The van der Waals surface area contributed by atoms with Gasteiger partial charge < -0.3 is 10.1 Å². The highest BCUT2D eigenvalue weighted by atomic mass is 35.5. The van der Waals surface area contributed by atoms with Gasteiger partial charge in [0.15, 0.2) is 0 Å². The smallest absolute Gasteiger partial charge is 0.325 e. The number of benzene rings is 1. The number of methoxy groups -OCH3 is 1. The van der Waals surface area contributed by atoms with Crippen LogP contribution < -0.4 is 5.32 Å². The number of hydrogen-bond donors (Lipinski definition) is 1. The van der Waals surface area contributed by atoms with E-state index >= 15 is 0 Å². The lowest BCUT2D eigenvalue weighted by Gasteiger charge is -2.03. The van der Waals surface area contributed by atoms with Crippen molar-refractivity contribution < 1.29 is 13.9 Å². The van der Waals surface area contributed by atoms with Crippen LogP contribution in [0.2, 0.25) is 0 Å². The molecule has 0 aromatic heterocycles. The number of halogens is 2. The van der Waals surface area contributed by atoms with Crippen LogP contribution in [-0.4, -0.2) is 19.6 Å². The highest BCUT2D eigenvalue weighted by molar-refractivity contribution is 5.85. The zero-order valence-electron chi connectivity index (χ0n) is 7.62. The van der Waals surface area contributed by atoms with Crippen molar-refractivity contribution in [1.82, 2.24) is 0 Å². The Kier molecular flexibility index (Phi) is 5.64. The minimum Gasteiger partial charge on any atom is -0.468 e. The van der Waals surface area contributed by atoms with E-state index in [4.69, 9.17) is 0 Å². The number of anilines is 1. The van der Waals surface area contributed by atoms with E-state index in [-0.39, 0.29) is 30.7 Å². The second kappa shape index (κ2) is 6.21. The highest BCUT2D eigenvalue weighted by Gasteiger charge is 1.98. The summed E-state index contributed by atoms with van der Waals surface area (Å²) in [6, 6.07) is 5.75. The van der Waals surface area contributed by atoms with Gasteiger partial charge in [0, 0.05) is 5.69 Å². The lowest BCUT2D eigenvalue weighted by molar-refractivity contribution is -0.138. The second-order valence-electron chi connectivity index (χ2n) is 2.44. The Morgan fingerprint density at radius 2 is 2.00 bits per heavy atom. The number of carbonyl (C=O) groups is 1. The van der Waals surface area contributed by atoms with Gasteiger partial charge in [-0.15, -0.1) is 12.4 Å². The first kappa shape index (κ1) is 12.7. The van der Waals surface area contributed by atoms with Crippen molar-refractivity contribution in [2.24, 2.45) is 0 Å². The SMILES string of the molecule is COC(=O)CNc1ccc(F)cc1.Cl. The molecule has 0 radical (unpaired) electrons. The van der Waals surface area contributed by atoms with Crippen molar-refractivity contribution in [3.05, 3.63) is 30.1 Å². The molecule has 1 aromatic carbocycles. The van der Waals surface area contributed by atoms with Crippen molar-refractivity contribution in [3.8, 4) is 0 Å². The fourth-order valence-electron chi connectivity index (χ4n) is 0.814. The van der Waals surface area contributed by atoms with Gasteiger partial charge >= 0.3 is 5.97 Å². The van der Waals surface area contributed by atoms with E-state index < -0.39 is 0 Å². The number of esters is 1. The molecule has 0 atom stereocenters. The van der Waals surface area contributed by atoms with Crippen molar-refractivity contribution in [3.63, 3.8) is 0 Å². The Balaban J connectivity index is 0.00000169. The molecule has 0 aliphatic heterocycles. The molecule has 0 aliphatic carbocycles. The maximum Gasteiger partial charge on any atom is 0.325 e. The average molecular weight is 220 g/mol. The first-order valence-corrected chi connectivity index (χ1v) is 3.78. The predicted octanol–water partition coefficient (Wildman–Crippen LogP) is 1.83. The predicted molar refractivity (Wildman–Crippen MR) is 54.2 cm³/mol. The van der Waals surface area contributed by atoms with Gasteiger partial charge in [-0.2, -0.15) is 0 Å². The topological polar surface area (TPSA) is 38.3 Å². The molecule has 0 heterocycles. The van der Waals surface area contributed by atoms with Crippen molar-refractivity contribution in [1.29, 1.82) is 0 Å². The van der Waals surface area contributed by atoms with Crippen molar-refractivity contribution in [2.75, 3.05) is 19.0 Å². The van der Waals surface area contributed by atoms with Crippen LogP contribution in [0, 0.1) is 5.82 Å². The van der Waals surface area contributed by atoms with Gasteiger partial charge in [0.25, 0.3) is 0 Å². The van der Waals surface area contributed by atoms with Crippen LogP contribution in [0.5, 0.6) is 0 Å². The molecule has 78 valence electrons.